The van der Waals surface area contributed by atoms with Crippen molar-refractivity contribution < 1.29 is 18.0 Å². The van der Waals surface area contributed by atoms with E-state index in [1.807, 2.05) is 4.90 Å². The number of hydrogen-bond acceptors (Lipinski definition) is 5. The molecule has 4 aromatic rings. The molecule has 0 spiro atoms. The number of alkyl halides is 3. The van der Waals surface area contributed by atoms with E-state index in [1.165, 1.54) is 18.5 Å². The summed E-state index contributed by atoms with van der Waals surface area (Å²) in [6, 6.07) is 11.5. The summed E-state index contributed by atoms with van der Waals surface area (Å²) in [5.74, 6) is -0.108. The number of rotatable bonds is 4. The Labute approximate surface area is 218 Å². The minimum atomic E-state index is -4.44. The van der Waals surface area contributed by atoms with Crippen molar-refractivity contribution in [2.24, 2.45) is 0 Å². The van der Waals surface area contributed by atoms with Gasteiger partial charge in [0.15, 0.2) is 0 Å². The molecular weight excluding hydrogens is 491 g/mol. The number of fused-ring (bicyclic) bond motifs is 1. The molecule has 196 valence electrons. The van der Waals surface area contributed by atoms with Crippen molar-refractivity contribution in [2.75, 3.05) is 19.6 Å². The molecule has 1 amide bonds. The minimum absolute atomic E-state index is 0.108. The smallest absolute Gasteiger partial charge is 0.335 e. The summed E-state index contributed by atoms with van der Waals surface area (Å²) in [4.78, 5) is 28.2. The fraction of sp³-hybridized carbons (Fsp3) is 0.310. The first-order valence-electron chi connectivity index (χ1n) is 12.5. The summed E-state index contributed by atoms with van der Waals surface area (Å²) >= 11 is 0. The average Bonchev–Trinajstić information content (AvgIpc) is 2.90. The van der Waals surface area contributed by atoms with Gasteiger partial charge in [0.05, 0.1) is 22.3 Å². The van der Waals surface area contributed by atoms with Gasteiger partial charge in [-0.2, -0.15) is 13.2 Å². The van der Waals surface area contributed by atoms with Crippen LogP contribution in [0.25, 0.3) is 33.3 Å². The number of benzene rings is 2. The third-order valence-electron chi connectivity index (χ3n) is 6.88. The third-order valence-corrected chi connectivity index (χ3v) is 6.88. The maximum atomic E-state index is 13.7. The maximum Gasteiger partial charge on any atom is 0.416 e. The highest BCUT2D eigenvalue weighted by Crippen LogP contribution is 2.36. The van der Waals surface area contributed by atoms with Gasteiger partial charge in [-0.3, -0.25) is 9.78 Å². The average molecular weight is 520 g/mol. The molecule has 38 heavy (non-hydrogen) atoms. The van der Waals surface area contributed by atoms with Gasteiger partial charge in [0.2, 0.25) is 0 Å². The van der Waals surface area contributed by atoms with Gasteiger partial charge in [-0.25, -0.2) is 9.97 Å². The number of nitrogens with one attached hydrogen (secondary N) is 1. The van der Waals surface area contributed by atoms with Crippen LogP contribution in [-0.4, -0.2) is 50.9 Å². The highest BCUT2D eigenvalue weighted by Gasteiger charge is 2.33. The van der Waals surface area contributed by atoms with Crippen LogP contribution in [0.3, 0.4) is 0 Å². The molecule has 1 aliphatic heterocycles. The SMILES string of the molecule is CCc1ccc(-c2ccc3ncnc(-c4cncc(C(=O)N5CCNC(C)(C)C5)c4)c3c2)cc1C(F)(F)F. The number of amides is 1. The normalized spacial score (nSPS) is 15.6. The zero-order chi connectivity index (χ0) is 27.1. The summed E-state index contributed by atoms with van der Waals surface area (Å²) in [7, 11) is 0. The number of hydrogen-bond donors (Lipinski definition) is 1. The Morgan fingerprint density at radius 1 is 1.03 bits per heavy atom. The zero-order valence-electron chi connectivity index (χ0n) is 21.4. The summed E-state index contributed by atoms with van der Waals surface area (Å²) in [6.07, 6.45) is 0.458. The standard InChI is InChI=1S/C29H28F3N5O/c1-4-18-5-6-20(13-24(18)29(30,31)32)19-7-8-25-23(12-19)26(35-17-34-25)21-11-22(15-33-14-21)27(38)37-10-9-36-28(2,3)16-37/h5-8,11-15,17,36H,4,9-10,16H2,1-3H3. The molecule has 1 saturated heterocycles. The van der Waals surface area contributed by atoms with Crippen LogP contribution >= 0.6 is 0 Å². The molecule has 0 atom stereocenters. The van der Waals surface area contributed by atoms with Crippen molar-refractivity contribution >= 4 is 16.8 Å². The van der Waals surface area contributed by atoms with E-state index < -0.39 is 11.7 Å². The van der Waals surface area contributed by atoms with E-state index in [-0.39, 0.29) is 17.0 Å². The predicted octanol–water partition coefficient (Wildman–Crippen LogP) is 5.76. The van der Waals surface area contributed by atoms with Crippen molar-refractivity contribution in [1.29, 1.82) is 0 Å². The largest absolute Gasteiger partial charge is 0.416 e. The second-order valence-corrected chi connectivity index (χ2v) is 10.2. The third kappa shape index (κ3) is 5.11. The minimum Gasteiger partial charge on any atom is -0.335 e. The number of aromatic nitrogens is 3. The highest BCUT2D eigenvalue weighted by molar-refractivity contribution is 5.98. The molecule has 5 rings (SSSR count). The first-order valence-corrected chi connectivity index (χ1v) is 12.5. The van der Waals surface area contributed by atoms with Gasteiger partial charge in [-0.1, -0.05) is 25.1 Å². The van der Waals surface area contributed by atoms with Crippen LogP contribution in [0, 0.1) is 0 Å². The molecule has 9 heteroatoms. The highest BCUT2D eigenvalue weighted by atomic mass is 19.4. The van der Waals surface area contributed by atoms with Crippen molar-refractivity contribution in [3.8, 4) is 22.4 Å². The van der Waals surface area contributed by atoms with Gasteiger partial charge in [0.1, 0.15) is 6.33 Å². The van der Waals surface area contributed by atoms with Crippen molar-refractivity contribution in [2.45, 2.75) is 38.9 Å². The zero-order valence-corrected chi connectivity index (χ0v) is 21.4. The second-order valence-electron chi connectivity index (χ2n) is 10.2. The number of pyridine rings is 1. The molecule has 0 unspecified atom stereocenters. The van der Waals surface area contributed by atoms with E-state index in [4.69, 9.17) is 0 Å². The number of carbonyl (C=O) groups excluding carboxylic acids is 1. The monoisotopic (exact) mass is 519 g/mol. The van der Waals surface area contributed by atoms with E-state index in [1.54, 1.807) is 49.6 Å². The molecule has 2 aromatic carbocycles. The molecular formula is C29H28F3N5O. The molecule has 1 aliphatic rings. The van der Waals surface area contributed by atoms with Crippen LogP contribution in [0.1, 0.15) is 42.3 Å². The first-order chi connectivity index (χ1) is 18.1. The second kappa shape index (κ2) is 9.79. The Bertz CT molecular complexity index is 1520. The fourth-order valence-corrected chi connectivity index (χ4v) is 4.98. The molecule has 3 heterocycles. The molecule has 1 N–H and O–H groups in total. The van der Waals surface area contributed by atoms with Crippen molar-refractivity contribution in [3.63, 3.8) is 0 Å². The van der Waals surface area contributed by atoms with Gasteiger partial charge in [0, 0.05) is 48.5 Å². The molecule has 1 fully saturated rings. The Balaban J connectivity index is 1.55. The van der Waals surface area contributed by atoms with Crippen LogP contribution < -0.4 is 5.32 Å². The Morgan fingerprint density at radius 3 is 2.53 bits per heavy atom. The van der Waals surface area contributed by atoms with Crippen LogP contribution in [-0.2, 0) is 12.6 Å². The topological polar surface area (TPSA) is 71.0 Å². The Morgan fingerprint density at radius 2 is 1.79 bits per heavy atom. The van der Waals surface area contributed by atoms with Gasteiger partial charge < -0.3 is 10.2 Å². The number of nitrogens with zero attached hydrogens (tertiary/aromatic N) is 4. The van der Waals surface area contributed by atoms with Gasteiger partial charge in [-0.05, 0) is 61.2 Å². The van der Waals surface area contributed by atoms with E-state index in [0.717, 1.165) is 0 Å². The molecule has 0 saturated carbocycles. The summed E-state index contributed by atoms with van der Waals surface area (Å²) < 4.78 is 41.1. The summed E-state index contributed by atoms with van der Waals surface area (Å²) in [6.45, 7) is 7.70. The fourth-order valence-electron chi connectivity index (χ4n) is 4.98. The number of piperazine rings is 1. The molecule has 0 bridgehead atoms. The lowest BCUT2D eigenvalue weighted by Gasteiger charge is -2.39. The van der Waals surface area contributed by atoms with Crippen LogP contribution in [0.5, 0.6) is 0 Å². The number of carbonyl (C=O) groups is 1. The number of halogens is 3. The van der Waals surface area contributed by atoms with Gasteiger partial charge >= 0.3 is 6.18 Å². The van der Waals surface area contributed by atoms with E-state index in [9.17, 15) is 18.0 Å². The molecule has 0 aliphatic carbocycles. The van der Waals surface area contributed by atoms with Crippen molar-refractivity contribution in [3.05, 3.63) is 77.9 Å². The first kappa shape index (κ1) is 25.8. The van der Waals surface area contributed by atoms with Crippen LogP contribution in [0.2, 0.25) is 0 Å². The van der Waals surface area contributed by atoms with Crippen LogP contribution in [0.15, 0.2) is 61.2 Å². The maximum absolute atomic E-state index is 13.7. The molecule has 2 aromatic heterocycles. The molecule has 6 nitrogen and oxygen atoms in total. The quantitative estimate of drug-likeness (QED) is 0.371. The van der Waals surface area contributed by atoms with E-state index in [2.05, 4.69) is 34.1 Å². The lowest BCUT2D eigenvalue weighted by Crippen LogP contribution is -2.58. The van der Waals surface area contributed by atoms with E-state index in [0.29, 0.717) is 64.9 Å². The summed E-state index contributed by atoms with van der Waals surface area (Å²) in [5.41, 5.74) is 2.79. The molecule has 0 radical (unpaired) electrons. The lowest BCUT2D eigenvalue weighted by molar-refractivity contribution is -0.138. The Kier molecular flexibility index (Phi) is 6.65. The Hall–Kier alpha value is -3.85. The van der Waals surface area contributed by atoms with Crippen molar-refractivity contribution in [1.82, 2.24) is 25.2 Å². The lowest BCUT2D eigenvalue weighted by atomic mass is 9.96. The number of aryl methyl sites for hydroxylation is 1. The van der Waals surface area contributed by atoms with Gasteiger partial charge in [0.25, 0.3) is 5.91 Å². The van der Waals surface area contributed by atoms with Gasteiger partial charge in [-0.15, -0.1) is 0 Å². The predicted molar refractivity (Wildman–Crippen MR) is 141 cm³/mol. The van der Waals surface area contributed by atoms with Crippen LogP contribution in [0.4, 0.5) is 13.2 Å². The van der Waals surface area contributed by atoms with E-state index >= 15 is 0 Å². The summed E-state index contributed by atoms with van der Waals surface area (Å²) in [5, 5.41) is 4.06.